The minimum absolute atomic E-state index is 0.107. The molecule has 0 aliphatic heterocycles. The number of nitrogen functional groups attached to an aromatic ring is 1. The first-order chi connectivity index (χ1) is 5.52. The first-order valence-electron chi connectivity index (χ1n) is 3.87. The van der Waals surface area contributed by atoms with Crippen LogP contribution in [-0.2, 0) is 0 Å². The molecule has 0 heterocycles. The maximum atomic E-state index is 9.49. The summed E-state index contributed by atoms with van der Waals surface area (Å²) in [5.74, 6) is 0.107. The van der Waals surface area contributed by atoms with Gasteiger partial charge < -0.3 is 16.6 Å². The van der Waals surface area contributed by atoms with Crippen LogP contribution in [0.2, 0.25) is 0 Å². The quantitative estimate of drug-likeness (QED) is 0.435. The summed E-state index contributed by atoms with van der Waals surface area (Å²) < 4.78 is 0. The third-order valence-corrected chi connectivity index (χ3v) is 1.80. The number of hydrogen-bond donors (Lipinski definition) is 3. The van der Waals surface area contributed by atoms with Crippen LogP contribution >= 0.6 is 0 Å². The molecule has 3 nitrogen and oxygen atoms in total. The van der Waals surface area contributed by atoms with E-state index in [0.29, 0.717) is 11.3 Å². The third kappa shape index (κ3) is 1.51. The molecular formula is C9H14N2O. The van der Waals surface area contributed by atoms with Gasteiger partial charge in [0, 0.05) is 11.6 Å². The Morgan fingerprint density at radius 1 is 1.42 bits per heavy atom. The van der Waals surface area contributed by atoms with E-state index < -0.39 is 0 Å². The Balaban J connectivity index is 3.28. The molecule has 0 fully saturated rings. The van der Waals surface area contributed by atoms with Crippen LogP contribution in [0, 0.1) is 6.92 Å². The van der Waals surface area contributed by atoms with Crippen molar-refractivity contribution in [3.05, 3.63) is 23.3 Å². The fourth-order valence-corrected chi connectivity index (χ4v) is 1.18. The SMILES string of the molecule is Cc1cc(N)c(O)c([C@H](C)N)c1. The molecule has 0 saturated carbocycles. The molecule has 0 bridgehead atoms. The largest absolute Gasteiger partial charge is 0.505 e. The van der Waals surface area contributed by atoms with Crippen molar-refractivity contribution in [3.63, 3.8) is 0 Å². The first-order valence-corrected chi connectivity index (χ1v) is 3.87. The summed E-state index contributed by atoms with van der Waals surface area (Å²) in [7, 11) is 0. The predicted molar refractivity (Wildman–Crippen MR) is 49.9 cm³/mol. The van der Waals surface area contributed by atoms with Crippen molar-refractivity contribution in [2.75, 3.05) is 5.73 Å². The number of benzene rings is 1. The summed E-state index contributed by atoms with van der Waals surface area (Å²) in [6.45, 7) is 3.73. The fourth-order valence-electron chi connectivity index (χ4n) is 1.18. The van der Waals surface area contributed by atoms with E-state index in [1.807, 2.05) is 19.9 Å². The summed E-state index contributed by atoms with van der Waals surface area (Å²) in [6, 6.07) is 3.38. The van der Waals surface area contributed by atoms with Crippen molar-refractivity contribution < 1.29 is 5.11 Å². The average molecular weight is 166 g/mol. The van der Waals surface area contributed by atoms with Crippen LogP contribution < -0.4 is 11.5 Å². The van der Waals surface area contributed by atoms with Crippen molar-refractivity contribution in [2.24, 2.45) is 5.73 Å². The summed E-state index contributed by atoms with van der Waals surface area (Å²) in [4.78, 5) is 0. The summed E-state index contributed by atoms with van der Waals surface area (Å²) >= 11 is 0. The lowest BCUT2D eigenvalue weighted by atomic mass is 10.0. The van der Waals surface area contributed by atoms with Gasteiger partial charge in [-0.05, 0) is 25.5 Å². The number of aromatic hydroxyl groups is 1. The molecule has 1 aromatic rings. The molecule has 1 atom stereocenters. The molecule has 12 heavy (non-hydrogen) atoms. The monoisotopic (exact) mass is 166 g/mol. The van der Waals surface area contributed by atoms with Gasteiger partial charge in [-0.3, -0.25) is 0 Å². The van der Waals surface area contributed by atoms with E-state index in [0.717, 1.165) is 5.56 Å². The molecule has 1 rings (SSSR count). The standard InChI is InChI=1S/C9H14N2O/c1-5-3-7(6(2)10)9(12)8(11)4-5/h3-4,6,12H,10-11H2,1-2H3/t6-/m0/s1. The Bertz CT molecular complexity index is 295. The summed E-state index contributed by atoms with van der Waals surface area (Å²) in [5, 5.41) is 9.49. The van der Waals surface area contributed by atoms with E-state index >= 15 is 0 Å². The van der Waals surface area contributed by atoms with Crippen molar-refractivity contribution in [1.82, 2.24) is 0 Å². The van der Waals surface area contributed by atoms with Gasteiger partial charge in [0.2, 0.25) is 0 Å². The summed E-state index contributed by atoms with van der Waals surface area (Å²) in [6.07, 6.45) is 0. The average Bonchev–Trinajstić information content (AvgIpc) is 1.96. The van der Waals surface area contributed by atoms with Gasteiger partial charge >= 0.3 is 0 Å². The van der Waals surface area contributed by atoms with Crippen LogP contribution in [0.25, 0.3) is 0 Å². The maximum absolute atomic E-state index is 9.49. The molecule has 1 aromatic carbocycles. The highest BCUT2D eigenvalue weighted by atomic mass is 16.3. The second kappa shape index (κ2) is 3.03. The van der Waals surface area contributed by atoms with Crippen molar-refractivity contribution in [1.29, 1.82) is 0 Å². The third-order valence-electron chi connectivity index (χ3n) is 1.80. The Hall–Kier alpha value is -1.22. The minimum atomic E-state index is -0.188. The maximum Gasteiger partial charge on any atom is 0.143 e. The van der Waals surface area contributed by atoms with E-state index in [9.17, 15) is 5.11 Å². The minimum Gasteiger partial charge on any atom is -0.505 e. The lowest BCUT2D eigenvalue weighted by Gasteiger charge is -2.11. The van der Waals surface area contributed by atoms with Gasteiger partial charge in [-0.1, -0.05) is 6.07 Å². The van der Waals surface area contributed by atoms with Crippen LogP contribution in [0.3, 0.4) is 0 Å². The van der Waals surface area contributed by atoms with Crippen LogP contribution in [0.4, 0.5) is 5.69 Å². The van der Waals surface area contributed by atoms with Gasteiger partial charge in [-0.15, -0.1) is 0 Å². The Kier molecular flexibility index (Phi) is 2.24. The molecule has 3 heteroatoms. The van der Waals surface area contributed by atoms with Gasteiger partial charge in [0.15, 0.2) is 0 Å². The van der Waals surface area contributed by atoms with Gasteiger partial charge in [0.25, 0.3) is 0 Å². The summed E-state index contributed by atoms with van der Waals surface area (Å²) in [5.41, 5.74) is 13.3. The molecule has 0 aliphatic rings. The topological polar surface area (TPSA) is 72.3 Å². The van der Waals surface area contributed by atoms with Gasteiger partial charge in [0.1, 0.15) is 5.75 Å². The molecular weight excluding hydrogens is 152 g/mol. The fraction of sp³-hybridized carbons (Fsp3) is 0.333. The van der Waals surface area contributed by atoms with Gasteiger partial charge in [-0.2, -0.15) is 0 Å². The zero-order valence-electron chi connectivity index (χ0n) is 7.33. The number of phenols is 1. The van der Waals surface area contributed by atoms with Gasteiger partial charge in [0.05, 0.1) is 5.69 Å². The normalized spacial score (nSPS) is 12.9. The van der Waals surface area contributed by atoms with E-state index in [2.05, 4.69) is 0 Å². The van der Waals surface area contributed by atoms with Crippen LogP contribution in [0.15, 0.2) is 12.1 Å². The van der Waals surface area contributed by atoms with E-state index in [1.165, 1.54) is 0 Å². The molecule has 0 amide bonds. The number of nitrogens with two attached hydrogens (primary N) is 2. The molecule has 0 spiro atoms. The van der Waals surface area contributed by atoms with Crippen molar-refractivity contribution >= 4 is 5.69 Å². The Morgan fingerprint density at radius 2 is 2.00 bits per heavy atom. The Morgan fingerprint density at radius 3 is 2.50 bits per heavy atom. The zero-order valence-corrected chi connectivity index (χ0v) is 7.33. The number of phenolic OH excluding ortho intramolecular Hbond substituents is 1. The number of anilines is 1. The highest BCUT2D eigenvalue weighted by Crippen LogP contribution is 2.29. The molecule has 0 aliphatic carbocycles. The van der Waals surface area contributed by atoms with E-state index in [4.69, 9.17) is 11.5 Å². The zero-order chi connectivity index (χ0) is 9.30. The number of aryl methyl sites for hydroxylation is 1. The van der Waals surface area contributed by atoms with E-state index in [1.54, 1.807) is 6.07 Å². The predicted octanol–water partition coefficient (Wildman–Crippen LogP) is 1.30. The molecule has 0 radical (unpaired) electrons. The highest BCUT2D eigenvalue weighted by Gasteiger charge is 2.09. The Labute approximate surface area is 72.0 Å². The number of hydrogen-bond acceptors (Lipinski definition) is 3. The molecule has 0 unspecified atom stereocenters. The molecule has 66 valence electrons. The molecule has 5 N–H and O–H groups in total. The smallest absolute Gasteiger partial charge is 0.143 e. The molecule has 0 aromatic heterocycles. The van der Waals surface area contributed by atoms with Gasteiger partial charge in [-0.25, -0.2) is 0 Å². The van der Waals surface area contributed by atoms with Crippen molar-refractivity contribution in [3.8, 4) is 5.75 Å². The van der Waals surface area contributed by atoms with Crippen LogP contribution in [0.1, 0.15) is 24.1 Å². The number of rotatable bonds is 1. The van der Waals surface area contributed by atoms with Crippen LogP contribution in [-0.4, -0.2) is 5.11 Å². The molecule has 0 saturated heterocycles. The second-order valence-corrected chi connectivity index (χ2v) is 3.08. The first kappa shape index (κ1) is 8.87. The lowest BCUT2D eigenvalue weighted by molar-refractivity contribution is 0.466. The van der Waals surface area contributed by atoms with Crippen LogP contribution in [0.5, 0.6) is 5.75 Å². The van der Waals surface area contributed by atoms with Crippen molar-refractivity contribution in [2.45, 2.75) is 19.9 Å². The lowest BCUT2D eigenvalue weighted by Crippen LogP contribution is -2.06. The highest BCUT2D eigenvalue weighted by molar-refractivity contribution is 5.58. The second-order valence-electron chi connectivity index (χ2n) is 3.08. The van der Waals surface area contributed by atoms with E-state index in [-0.39, 0.29) is 11.8 Å².